The lowest BCUT2D eigenvalue weighted by Gasteiger charge is -2.29. The molecule has 1 aliphatic rings. The summed E-state index contributed by atoms with van der Waals surface area (Å²) in [6, 6.07) is 9.82. The largest absolute Gasteiger partial charge is 0.440 e. The highest BCUT2D eigenvalue weighted by Crippen LogP contribution is 2.34. The molecule has 1 aromatic heterocycles. The van der Waals surface area contributed by atoms with Gasteiger partial charge in [0, 0.05) is 24.5 Å². The van der Waals surface area contributed by atoms with E-state index in [1.807, 2.05) is 0 Å². The van der Waals surface area contributed by atoms with Gasteiger partial charge in [-0.05, 0) is 24.1 Å². The molecule has 2 aromatic rings. The number of carbonyl (C=O) groups is 3. The third-order valence-corrected chi connectivity index (χ3v) is 4.24. The summed E-state index contributed by atoms with van der Waals surface area (Å²) in [7, 11) is 0. The van der Waals surface area contributed by atoms with Crippen molar-refractivity contribution in [3.05, 3.63) is 66.0 Å². The number of pyridine rings is 1. The van der Waals surface area contributed by atoms with Gasteiger partial charge < -0.3 is 5.32 Å². The minimum atomic E-state index is -5.25. The minimum absolute atomic E-state index is 0.136. The number of carbonyl (C=O) groups excluding carboxylic acids is 3. The number of halogens is 3. The molecule has 146 valence electrons. The topological polar surface area (TPSA) is 91.4 Å². The van der Waals surface area contributed by atoms with E-state index < -0.39 is 29.7 Å². The van der Waals surface area contributed by atoms with E-state index in [1.165, 1.54) is 24.5 Å². The van der Waals surface area contributed by atoms with Gasteiger partial charge in [-0.1, -0.05) is 30.3 Å². The van der Waals surface area contributed by atoms with Crippen LogP contribution in [0.2, 0.25) is 0 Å². The zero-order chi connectivity index (χ0) is 20.4. The average molecular weight is 392 g/mol. The lowest BCUT2D eigenvalue weighted by Crippen LogP contribution is -2.69. The van der Waals surface area contributed by atoms with Crippen LogP contribution >= 0.6 is 0 Å². The fourth-order valence-corrected chi connectivity index (χ4v) is 2.76. The Labute approximate surface area is 157 Å². The number of hydrogen-bond donors (Lipinski definition) is 2. The molecule has 0 saturated carbocycles. The van der Waals surface area contributed by atoms with E-state index >= 15 is 0 Å². The summed E-state index contributed by atoms with van der Waals surface area (Å²) in [6.07, 6.45) is -2.64. The highest BCUT2D eigenvalue weighted by molar-refractivity contribution is 6.10. The van der Waals surface area contributed by atoms with Crippen LogP contribution in [0.3, 0.4) is 0 Å². The normalized spacial score (nSPS) is 19.5. The highest BCUT2D eigenvalue weighted by Gasteiger charge is 2.68. The van der Waals surface area contributed by atoms with Crippen LogP contribution in [0.1, 0.15) is 15.9 Å². The maximum Gasteiger partial charge on any atom is 0.440 e. The SMILES string of the molecule is O=C(N[C@@]1(C(F)(F)F)NC(=O)N(CCc2ccccc2)C1=O)c1ccncc1. The fraction of sp³-hybridized carbons (Fsp3) is 0.222. The molecule has 0 bridgehead atoms. The monoisotopic (exact) mass is 392 g/mol. The number of nitrogens with one attached hydrogen (secondary N) is 2. The maximum atomic E-state index is 13.8. The maximum absolute atomic E-state index is 13.8. The van der Waals surface area contributed by atoms with E-state index in [0.29, 0.717) is 4.90 Å². The van der Waals surface area contributed by atoms with Gasteiger partial charge in [0.25, 0.3) is 17.5 Å². The van der Waals surface area contributed by atoms with Crippen molar-refractivity contribution in [3.63, 3.8) is 0 Å². The van der Waals surface area contributed by atoms with Crippen molar-refractivity contribution in [1.29, 1.82) is 0 Å². The molecule has 1 aromatic carbocycles. The molecule has 2 heterocycles. The summed E-state index contributed by atoms with van der Waals surface area (Å²) in [5, 5.41) is 3.25. The number of aromatic nitrogens is 1. The van der Waals surface area contributed by atoms with Gasteiger partial charge in [-0.25, -0.2) is 4.79 Å². The molecule has 1 fully saturated rings. The number of rotatable bonds is 5. The highest BCUT2D eigenvalue weighted by atomic mass is 19.4. The van der Waals surface area contributed by atoms with E-state index in [2.05, 4.69) is 4.98 Å². The number of hydrogen-bond acceptors (Lipinski definition) is 4. The predicted molar refractivity (Wildman–Crippen MR) is 90.9 cm³/mol. The first-order valence-electron chi connectivity index (χ1n) is 8.22. The van der Waals surface area contributed by atoms with Gasteiger partial charge in [-0.15, -0.1) is 0 Å². The van der Waals surface area contributed by atoms with Crippen LogP contribution in [0.25, 0.3) is 0 Å². The number of amides is 4. The van der Waals surface area contributed by atoms with Gasteiger partial charge in [0.15, 0.2) is 0 Å². The molecule has 1 saturated heterocycles. The molecule has 0 aliphatic carbocycles. The van der Waals surface area contributed by atoms with Crippen LogP contribution < -0.4 is 10.6 Å². The summed E-state index contributed by atoms with van der Waals surface area (Å²) < 4.78 is 41.3. The average Bonchev–Trinajstić information content (AvgIpc) is 2.92. The Morgan fingerprint density at radius 3 is 2.36 bits per heavy atom. The summed E-state index contributed by atoms with van der Waals surface area (Å²) in [5.41, 5.74) is -2.92. The summed E-state index contributed by atoms with van der Waals surface area (Å²) in [4.78, 5) is 41.0. The molecule has 1 atom stereocenters. The van der Waals surface area contributed by atoms with E-state index in [4.69, 9.17) is 0 Å². The Hall–Kier alpha value is -3.43. The third-order valence-electron chi connectivity index (χ3n) is 4.24. The molecular weight excluding hydrogens is 377 g/mol. The Balaban J connectivity index is 1.84. The van der Waals surface area contributed by atoms with Crippen molar-refractivity contribution < 1.29 is 27.6 Å². The molecule has 28 heavy (non-hydrogen) atoms. The van der Waals surface area contributed by atoms with Gasteiger partial charge in [-0.3, -0.25) is 24.8 Å². The molecule has 0 radical (unpaired) electrons. The third kappa shape index (κ3) is 3.53. The van der Waals surface area contributed by atoms with E-state index in [1.54, 1.807) is 41.0 Å². The van der Waals surface area contributed by atoms with Crippen LogP contribution in [0.15, 0.2) is 54.9 Å². The second-order valence-electron chi connectivity index (χ2n) is 6.06. The Morgan fingerprint density at radius 1 is 1.11 bits per heavy atom. The van der Waals surface area contributed by atoms with Crippen LogP contribution in [0, 0.1) is 0 Å². The van der Waals surface area contributed by atoms with Crippen molar-refractivity contribution in [2.24, 2.45) is 0 Å². The van der Waals surface area contributed by atoms with Gasteiger partial charge in [0.2, 0.25) is 0 Å². The van der Waals surface area contributed by atoms with Crippen molar-refractivity contribution >= 4 is 17.8 Å². The number of alkyl halides is 3. The summed E-state index contributed by atoms with van der Waals surface area (Å²) >= 11 is 0. The van der Waals surface area contributed by atoms with E-state index in [9.17, 15) is 27.6 Å². The molecule has 7 nitrogen and oxygen atoms in total. The molecule has 1 aliphatic heterocycles. The van der Waals surface area contributed by atoms with Gasteiger partial charge >= 0.3 is 12.2 Å². The minimum Gasteiger partial charge on any atom is -0.314 e. The molecule has 0 spiro atoms. The van der Waals surface area contributed by atoms with Crippen molar-refractivity contribution in [2.75, 3.05) is 6.54 Å². The first-order valence-corrected chi connectivity index (χ1v) is 8.22. The smallest absolute Gasteiger partial charge is 0.314 e. The van der Waals surface area contributed by atoms with Crippen LogP contribution in [-0.4, -0.2) is 46.1 Å². The summed E-state index contributed by atoms with van der Waals surface area (Å²) in [6.45, 7) is -0.266. The molecule has 0 unspecified atom stereocenters. The second-order valence-corrected chi connectivity index (χ2v) is 6.06. The number of benzene rings is 1. The molecule has 10 heteroatoms. The van der Waals surface area contributed by atoms with Gasteiger partial charge in [0.1, 0.15) is 0 Å². The van der Waals surface area contributed by atoms with Crippen LogP contribution in [0.5, 0.6) is 0 Å². The van der Waals surface area contributed by atoms with Gasteiger partial charge in [-0.2, -0.15) is 13.2 Å². The van der Waals surface area contributed by atoms with Crippen LogP contribution in [0.4, 0.5) is 18.0 Å². The second kappa shape index (κ2) is 7.29. The Morgan fingerprint density at radius 2 is 1.75 bits per heavy atom. The lowest BCUT2D eigenvalue weighted by molar-refractivity contribution is -0.200. The number of nitrogens with zero attached hydrogens (tertiary/aromatic N) is 2. The fourth-order valence-electron chi connectivity index (χ4n) is 2.76. The zero-order valence-electron chi connectivity index (χ0n) is 14.4. The quantitative estimate of drug-likeness (QED) is 0.760. The van der Waals surface area contributed by atoms with E-state index in [-0.39, 0.29) is 18.5 Å². The molecule has 2 N–H and O–H groups in total. The first-order chi connectivity index (χ1) is 13.2. The predicted octanol–water partition coefficient (Wildman–Crippen LogP) is 1.86. The van der Waals surface area contributed by atoms with Crippen LogP contribution in [-0.2, 0) is 11.2 Å². The molecule has 3 rings (SSSR count). The molecular formula is C18H15F3N4O3. The molecule has 4 amide bonds. The summed E-state index contributed by atoms with van der Waals surface area (Å²) in [5.74, 6) is -2.75. The Kier molecular flexibility index (Phi) is 5.04. The van der Waals surface area contributed by atoms with Gasteiger partial charge in [0.05, 0.1) is 0 Å². The standard InChI is InChI=1S/C18H15F3N4O3/c19-18(20,21)17(23-14(26)13-6-9-22-10-7-13)15(27)25(16(28)24-17)11-8-12-4-2-1-3-5-12/h1-7,9-10H,8,11H2,(H,23,26)(H,24,28)/t17-/m1/s1. The Bertz CT molecular complexity index is 890. The van der Waals surface area contributed by atoms with E-state index in [0.717, 1.165) is 5.56 Å². The van der Waals surface area contributed by atoms with Crippen molar-refractivity contribution in [2.45, 2.75) is 18.3 Å². The first kappa shape index (κ1) is 19.3. The number of imide groups is 1. The number of urea groups is 1. The van der Waals surface area contributed by atoms with Crippen molar-refractivity contribution in [3.8, 4) is 0 Å². The van der Waals surface area contributed by atoms with Crippen molar-refractivity contribution in [1.82, 2.24) is 20.5 Å². The lowest BCUT2D eigenvalue weighted by atomic mass is 10.1. The zero-order valence-corrected chi connectivity index (χ0v) is 14.4.